The zero-order valence-electron chi connectivity index (χ0n) is 23.3. The van der Waals surface area contributed by atoms with Gasteiger partial charge in [-0.2, -0.15) is 0 Å². The van der Waals surface area contributed by atoms with Gasteiger partial charge in [-0.05, 0) is 80.5 Å². The minimum absolute atomic E-state index is 0.146. The number of carbonyl (C=O) groups is 1. The molecule has 0 aliphatic carbocycles. The SMILES string of the molecule is CSc1ccc(COC2CN(C(=O)OC(C)(C)C)CCC2c2ccc(OC/C=C/c3ccccc3)cc2)cc1. The molecule has 3 aromatic rings. The van der Waals surface area contributed by atoms with Crippen molar-refractivity contribution in [2.24, 2.45) is 0 Å². The fourth-order valence-electron chi connectivity index (χ4n) is 4.59. The normalized spacial score (nSPS) is 17.8. The van der Waals surface area contributed by atoms with Crippen LogP contribution in [0.3, 0.4) is 0 Å². The maximum atomic E-state index is 12.8. The molecule has 4 rings (SSSR count). The van der Waals surface area contributed by atoms with Crippen LogP contribution >= 0.6 is 11.8 Å². The maximum Gasteiger partial charge on any atom is 0.410 e. The van der Waals surface area contributed by atoms with E-state index in [0.29, 0.717) is 26.3 Å². The second-order valence-electron chi connectivity index (χ2n) is 10.7. The Kier molecular flexibility index (Phi) is 10.1. The van der Waals surface area contributed by atoms with Crippen molar-refractivity contribution in [3.63, 3.8) is 0 Å². The molecule has 2 unspecified atom stereocenters. The van der Waals surface area contributed by atoms with Gasteiger partial charge in [-0.25, -0.2) is 4.79 Å². The van der Waals surface area contributed by atoms with Gasteiger partial charge in [0, 0.05) is 17.4 Å². The third-order valence-electron chi connectivity index (χ3n) is 6.60. The number of hydrogen-bond acceptors (Lipinski definition) is 5. The Labute approximate surface area is 237 Å². The summed E-state index contributed by atoms with van der Waals surface area (Å²) < 4.78 is 18.1. The first-order valence-corrected chi connectivity index (χ1v) is 14.7. The van der Waals surface area contributed by atoms with E-state index in [2.05, 4.69) is 60.9 Å². The van der Waals surface area contributed by atoms with E-state index in [9.17, 15) is 4.79 Å². The summed E-state index contributed by atoms with van der Waals surface area (Å²) in [5.41, 5.74) is 2.93. The summed E-state index contributed by atoms with van der Waals surface area (Å²) in [5, 5.41) is 0. The van der Waals surface area contributed by atoms with Crippen LogP contribution in [-0.4, -0.2) is 48.7 Å². The number of hydrogen-bond donors (Lipinski definition) is 0. The Hall–Kier alpha value is -3.22. The number of amides is 1. The maximum absolute atomic E-state index is 12.8. The van der Waals surface area contributed by atoms with Crippen LogP contribution in [0.1, 0.15) is 49.8 Å². The van der Waals surface area contributed by atoms with E-state index >= 15 is 0 Å². The first kappa shape index (κ1) is 28.8. The summed E-state index contributed by atoms with van der Waals surface area (Å²) in [5.74, 6) is 0.996. The second kappa shape index (κ2) is 13.7. The van der Waals surface area contributed by atoms with Gasteiger partial charge >= 0.3 is 6.09 Å². The first-order chi connectivity index (χ1) is 18.8. The third-order valence-corrected chi connectivity index (χ3v) is 7.34. The predicted octanol–water partition coefficient (Wildman–Crippen LogP) is 7.81. The van der Waals surface area contributed by atoms with Crippen LogP contribution in [0.5, 0.6) is 5.75 Å². The van der Waals surface area contributed by atoms with Crippen molar-refractivity contribution in [3.8, 4) is 5.75 Å². The quantitative estimate of drug-likeness (QED) is 0.257. The lowest BCUT2D eigenvalue weighted by Gasteiger charge is -2.39. The molecule has 0 radical (unpaired) electrons. The van der Waals surface area contributed by atoms with Crippen LogP contribution in [0.25, 0.3) is 6.08 Å². The van der Waals surface area contributed by atoms with Crippen LogP contribution in [-0.2, 0) is 16.1 Å². The van der Waals surface area contributed by atoms with Crippen molar-refractivity contribution in [2.75, 3.05) is 26.0 Å². The zero-order chi connectivity index (χ0) is 27.7. The highest BCUT2D eigenvalue weighted by Gasteiger charge is 2.35. The van der Waals surface area contributed by atoms with Gasteiger partial charge in [0.2, 0.25) is 0 Å². The van der Waals surface area contributed by atoms with Crippen molar-refractivity contribution in [1.29, 1.82) is 0 Å². The number of likely N-dealkylation sites (tertiary alicyclic amines) is 1. The fourth-order valence-corrected chi connectivity index (χ4v) is 5.00. The number of ether oxygens (including phenoxy) is 3. The van der Waals surface area contributed by atoms with Crippen molar-refractivity contribution >= 4 is 23.9 Å². The standard InChI is InChI=1S/C33H39NO4S/c1-33(2,3)38-32(35)34-21-20-30(31(23-34)37-24-26-12-18-29(39-4)19-13-26)27-14-16-28(17-15-27)36-22-8-11-25-9-6-5-7-10-25/h5-19,30-31H,20-24H2,1-4H3/b11-8+. The summed E-state index contributed by atoms with van der Waals surface area (Å²) in [4.78, 5) is 15.8. The molecular weight excluding hydrogens is 506 g/mol. The van der Waals surface area contributed by atoms with Gasteiger partial charge in [-0.1, -0.05) is 60.7 Å². The first-order valence-electron chi connectivity index (χ1n) is 13.5. The second-order valence-corrected chi connectivity index (χ2v) is 11.6. The molecule has 206 valence electrons. The summed E-state index contributed by atoms with van der Waals surface area (Å²) in [6, 6.07) is 26.9. The molecule has 0 spiro atoms. The average Bonchev–Trinajstić information content (AvgIpc) is 2.94. The van der Waals surface area contributed by atoms with Crippen molar-refractivity contribution in [2.45, 2.75) is 56.3 Å². The predicted molar refractivity (Wildman–Crippen MR) is 159 cm³/mol. The van der Waals surface area contributed by atoms with E-state index in [0.717, 1.165) is 23.3 Å². The summed E-state index contributed by atoms with van der Waals surface area (Å²) in [6.45, 7) is 7.80. The zero-order valence-corrected chi connectivity index (χ0v) is 24.2. The van der Waals surface area contributed by atoms with Crippen LogP contribution in [0.15, 0.2) is 89.8 Å². The summed E-state index contributed by atoms with van der Waals surface area (Å²) in [6.07, 6.45) is 6.52. The van der Waals surface area contributed by atoms with Gasteiger partial charge in [-0.15, -0.1) is 11.8 Å². The van der Waals surface area contributed by atoms with Gasteiger partial charge in [0.25, 0.3) is 0 Å². The number of nitrogens with zero attached hydrogens (tertiary/aromatic N) is 1. The molecule has 39 heavy (non-hydrogen) atoms. The van der Waals surface area contributed by atoms with Crippen molar-refractivity contribution in [3.05, 3.63) is 102 Å². The Balaban J connectivity index is 1.41. The largest absolute Gasteiger partial charge is 0.490 e. The molecule has 0 saturated carbocycles. The molecule has 6 heteroatoms. The van der Waals surface area contributed by atoms with E-state index < -0.39 is 5.60 Å². The monoisotopic (exact) mass is 545 g/mol. The van der Waals surface area contributed by atoms with Gasteiger partial charge in [0.05, 0.1) is 19.3 Å². The molecule has 1 amide bonds. The van der Waals surface area contributed by atoms with E-state index in [-0.39, 0.29) is 18.1 Å². The molecule has 1 aliphatic rings. The van der Waals surface area contributed by atoms with Crippen LogP contribution in [0, 0.1) is 0 Å². The molecule has 0 bridgehead atoms. The molecule has 1 aliphatic heterocycles. The molecule has 5 nitrogen and oxygen atoms in total. The van der Waals surface area contributed by atoms with Crippen LogP contribution < -0.4 is 4.74 Å². The molecule has 1 saturated heterocycles. The highest BCUT2D eigenvalue weighted by Crippen LogP contribution is 2.33. The minimum atomic E-state index is -0.532. The number of benzene rings is 3. The number of piperidine rings is 1. The van der Waals surface area contributed by atoms with Gasteiger partial charge in [-0.3, -0.25) is 0 Å². The Morgan fingerprint density at radius 2 is 1.72 bits per heavy atom. The van der Waals surface area contributed by atoms with E-state index in [4.69, 9.17) is 14.2 Å². The molecule has 3 aromatic carbocycles. The summed E-state index contributed by atoms with van der Waals surface area (Å²) >= 11 is 1.72. The van der Waals surface area contributed by atoms with Gasteiger partial charge in [0.15, 0.2) is 0 Å². The molecule has 0 aromatic heterocycles. The number of carbonyl (C=O) groups excluding carboxylic acids is 1. The Morgan fingerprint density at radius 1 is 1.00 bits per heavy atom. The van der Waals surface area contributed by atoms with Crippen molar-refractivity contribution in [1.82, 2.24) is 4.90 Å². The molecular formula is C33H39NO4S. The van der Waals surface area contributed by atoms with E-state index in [1.54, 1.807) is 16.7 Å². The minimum Gasteiger partial charge on any atom is -0.490 e. The highest BCUT2D eigenvalue weighted by molar-refractivity contribution is 7.98. The molecule has 2 atom stereocenters. The molecule has 0 N–H and O–H groups in total. The van der Waals surface area contributed by atoms with E-state index in [1.165, 1.54) is 10.5 Å². The summed E-state index contributed by atoms with van der Waals surface area (Å²) in [7, 11) is 0. The van der Waals surface area contributed by atoms with Crippen LogP contribution in [0.4, 0.5) is 4.79 Å². The van der Waals surface area contributed by atoms with Gasteiger partial charge < -0.3 is 19.1 Å². The van der Waals surface area contributed by atoms with Crippen molar-refractivity contribution < 1.29 is 19.0 Å². The molecule has 1 heterocycles. The average molecular weight is 546 g/mol. The lowest BCUT2D eigenvalue weighted by Crippen LogP contribution is -2.48. The molecule has 1 fully saturated rings. The fraction of sp³-hybridized carbons (Fsp3) is 0.364. The topological polar surface area (TPSA) is 48.0 Å². The Bertz CT molecular complexity index is 1200. The smallest absolute Gasteiger partial charge is 0.410 e. The Morgan fingerprint density at radius 3 is 2.38 bits per heavy atom. The third kappa shape index (κ3) is 8.91. The highest BCUT2D eigenvalue weighted by atomic mass is 32.2. The number of rotatable bonds is 9. The lowest BCUT2D eigenvalue weighted by atomic mass is 9.87. The van der Waals surface area contributed by atoms with Crippen LogP contribution in [0.2, 0.25) is 0 Å². The lowest BCUT2D eigenvalue weighted by molar-refractivity contribution is -0.0359. The number of thioether (sulfide) groups is 1. The van der Waals surface area contributed by atoms with E-state index in [1.807, 2.05) is 57.2 Å². The van der Waals surface area contributed by atoms with Gasteiger partial charge in [0.1, 0.15) is 18.0 Å².